The predicted octanol–water partition coefficient (Wildman–Crippen LogP) is 6.22. The minimum Gasteiger partial charge on any atom is -0.299 e. The van der Waals surface area contributed by atoms with E-state index in [1.165, 1.54) is 42.4 Å². The molecule has 2 aliphatic rings. The Morgan fingerprint density at radius 2 is 2.00 bits per heavy atom. The molecule has 132 valence electrons. The maximum Gasteiger partial charge on any atom is 0.0233 e. The molecule has 0 N–H and O–H groups in total. The van der Waals surface area contributed by atoms with Crippen LogP contribution in [0.25, 0.3) is 0 Å². The van der Waals surface area contributed by atoms with Crippen LogP contribution in [0, 0.1) is 5.92 Å². The van der Waals surface area contributed by atoms with Gasteiger partial charge in [0.1, 0.15) is 0 Å². The lowest BCUT2D eigenvalue weighted by molar-refractivity contribution is 0.222. The van der Waals surface area contributed by atoms with Gasteiger partial charge < -0.3 is 0 Å². The molecule has 0 aromatic heterocycles. The summed E-state index contributed by atoms with van der Waals surface area (Å²) in [5.41, 5.74) is 4.25. The molecule has 0 aromatic carbocycles. The van der Waals surface area contributed by atoms with Gasteiger partial charge in [0.15, 0.2) is 0 Å². The number of hydrogen-bond donors (Lipinski definition) is 0. The first kappa shape index (κ1) is 19.0. The standard InChI is InChI=1S/C23H35N/c1-5-9-21-12-8-13-23(17-21)24(4)18-22-11-7-6-10-19(2)16-20(3)14-15-22/h7-8,11-12,14-16,21,23H,5-6,9-10,13,17-18H2,1-4H3/b11-7+,19-16-,20-14+,22-15+. The van der Waals surface area contributed by atoms with Crippen molar-refractivity contribution in [2.75, 3.05) is 13.6 Å². The molecule has 0 heterocycles. The van der Waals surface area contributed by atoms with Crippen molar-refractivity contribution in [1.29, 1.82) is 0 Å². The maximum atomic E-state index is 2.55. The van der Waals surface area contributed by atoms with Gasteiger partial charge in [0.05, 0.1) is 0 Å². The third kappa shape index (κ3) is 6.28. The van der Waals surface area contributed by atoms with Crippen LogP contribution in [0.1, 0.15) is 59.3 Å². The second kappa shape index (κ2) is 9.84. The Balaban J connectivity index is 2.02. The van der Waals surface area contributed by atoms with E-state index < -0.39 is 0 Å². The van der Waals surface area contributed by atoms with Gasteiger partial charge in [-0.3, -0.25) is 4.90 Å². The Morgan fingerprint density at radius 3 is 2.79 bits per heavy atom. The quantitative estimate of drug-likeness (QED) is 0.542. The Kier molecular flexibility index (Phi) is 7.78. The average Bonchev–Trinajstić information content (AvgIpc) is 2.56. The highest BCUT2D eigenvalue weighted by atomic mass is 15.1. The highest BCUT2D eigenvalue weighted by Gasteiger charge is 2.21. The summed E-state index contributed by atoms with van der Waals surface area (Å²) < 4.78 is 0. The van der Waals surface area contributed by atoms with E-state index in [0.29, 0.717) is 6.04 Å². The lowest BCUT2D eigenvalue weighted by Crippen LogP contribution is -2.35. The minimum atomic E-state index is 0.684. The second-order valence-electron chi connectivity index (χ2n) is 7.60. The van der Waals surface area contributed by atoms with E-state index in [4.69, 9.17) is 0 Å². The fraction of sp³-hybridized carbons (Fsp3) is 0.565. The summed E-state index contributed by atoms with van der Waals surface area (Å²) in [6, 6.07) is 0.684. The molecule has 0 saturated carbocycles. The number of allylic oxidation sites excluding steroid dienone is 7. The van der Waals surface area contributed by atoms with E-state index in [0.717, 1.165) is 25.3 Å². The van der Waals surface area contributed by atoms with Crippen LogP contribution < -0.4 is 0 Å². The van der Waals surface area contributed by atoms with Gasteiger partial charge in [-0.1, -0.05) is 67.0 Å². The molecule has 24 heavy (non-hydrogen) atoms. The van der Waals surface area contributed by atoms with Crippen molar-refractivity contribution in [1.82, 2.24) is 4.90 Å². The van der Waals surface area contributed by atoms with Crippen molar-refractivity contribution in [2.24, 2.45) is 5.92 Å². The van der Waals surface area contributed by atoms with Crippen molar-refractivity contribution in [3.05, 3.63) is 59.3 Å². The van der Waals surface area contributed by atoms with Crippen LogP contribution in [0.15, 0.2) is 59.3 Å². The molecule has 0 amide bonds. The van der Waals surface area contributed by atoms with Crippen molar-refractivity contribution >= 4 is 0 Å². The van der Waals surface area contributed by atoms with Crippen LogP contribution in [0.3, 0.4) is 0 Å². The van der Waals surface area contributed by atoms with Gasteiger partial charge in [-0.25, -0.2) is 0 Å². The topological polar surface area (TPSA) is 3.24 Å². The highest BCUT2D eigenvalue weighted by molar-refractivity contribution is 5.32. The molecule has 2 atom stereocenters. The zero-order chi connectivity index (χ0) is 17.4. The van der Waals surface area contributed by atoms with E-state index in [1.807, 2.05) is 0 Å². The molecular formula is C23H35N. The highest BCUT2D eigenvalue weighted by Crippen LogP contribution is 2.25. The number of likely N-dealkylation sites (N-methyl/N-ethyl adjacent to an activating group) is 1. The van der Waals surface area contributed by atoms with E-state index in [9.17, 15) is 0 Å². The molecule has 1 nitrogen and oxygen atoms in total. The molecule has 1 heteroatoms. The monoisotopic (exact) mass is 325 g/mol. The molecule has 0 spiro atoms. The van der Waals surface area contributed by atoms with Gasteiger partial charge in [0.25, 0.3) is 0 Å². The zero-order valence-electron chi connectivity index (χ0n) is 16.1. The Hall–Kier alpha value is -1.34. The van der Waals surface area contributed by atoms with Crippen LogP contribution in [-0.2, 0) is 0 Å². The molecule has 0 fully saturated rings. The van der Waals surface area contributed by atoms with Crippen molar-refractivity contribution in [3.8, 4) is 0 Å². The van der Waals surface area contributed by atoms with E-state index in [2.05, 4.69) is 75.3 Å². The number of rotatable bonds is 5. The summed E-state index contributed by atoms with van der Waals surface area (Å²) in [4.78, 5) is 2.55. The molecule has 0 saturated heterocycles. The fourth-order valence-electron chi connectivity index (χ4n) is 3.77. The normalized spacial score (nSPS) is 33.1. The Morgan fingerprint density at radius 1 is 1.17 bits per heavy atom. The number of nitrogens with zero attached hydrogens (tertiary/aromatic N) is 1. The van der Waals surface area contributed by atoms with Crippen molar-refractivity contribution in [2.45, 2.75) is 65.3 Å². The largest absolute Gasteiger partial charge is 0.299 e. The summed E-state index contributed by atoms with van der Waals surface area (Å²) >= 11 is 0. The van der Waals surface area contributed by atoms with Gasteiger partial charge in [-0.15, -0.1) is 0 Å². The molecule has 2 rings (SSSR count). The average molecular weight is 326 g/mol. The van der Waals surface area contributed by atoms with Gasteiger partial charge in [-0.2, -0.15) is 0 Å². The van der Waals surface area contributed by atoms with Gasteiger partial charge in [0, 0.05) is 12.6 Å². The molecule has 0 aromatic rings. The first-order chi connectivity index (χ1) is 11.6. The summed E-state index contributed by atoms with van der Waals surface area (Å²) in [6.45, 7) is 7.77. The first-order valence-electron chi connectivity index (χ1n) is 9.66. The summed E-state index contributed by atoms with van der Waals surface area (Å²) in [5, 5.41) is 0. The summed E-state index contributed by atoms with van der Waals surface area (Å²) in [7, 11) is 2.29. The molecule has 0 radical (unpaired) electrons. The predicted molar refractivity (Wildman–Crippen MR) is 107 cm³/mol. The van der Waals surface area contributed by atoms with Crippen LogP contribution in [0.5, 0.6) is 0 Å². The lowest BCUT2D eigenvalue weighted by atomic mass is 9.88. The van der Waals surface area contributed by atoms with Gasteiger partial charge in [-0.05, 0) is 64.5 Å². The third-order valence-electron chi connectivity index (χ3n) is 5.18. The van der Waals surface area contributed by atoms with Crippen LogP contribution in [0.4, 0.5) is 0 Å². The van der Waals surface area contributed by atoms with Gasteiger partial charge in [0.2, 0.25) is 0 Å². The second-order valence-corrected chi connectivity index (χ2v) is 7.60. The minimum absolute atomic E-state index is 0.684. The van der Waals surface area contributed by atoms with Crippen molar-refractivity contribution < 1.29 is 0 Å². The van der Waals surface area contributed by atoms with Crippen LogP contribution >= 0.6 is 0 Å². The molecule has 0 aliphatic heterocycles. The fourth-order valence-corrected chi connectivity index (χ4v) is 3.77. The van der Waals surface area contributed by atoms with E-state index >= 15 is 0 Å². The van der Waals surface area contributed by atoms with Crippen LogP contribution in [0.2, 0.25) is 0 Å². The molecule has 2 unspecified atom stereocenters. The molecular weight excluding hydrogens is 290 g/mol. The molecule has 0 bridgehead atoms. The lowest BCUT2D eigenvalue weighted by Gasteiger charge is -2.32. The zero-order valence-corrected chi connectivity index (χ0v) is 16.1. The summed E-state index contributed by atoms with van der Waals surface area (Å²) in [5.74, 6) is 0.778. The van der Waals surface area contributed by atoms with Crippen LogP contribution in [-0.4, -0.2) is 24.5 Å². The smallest absolute Gasteiger partial charge is 0.0233 e. The summed E-state index contributed by atoms with van der Waals surface area (Å²) in [6.07, 6.45) is 23.8. The van der Waals surface area contributed by atoms with E-state index in [-0.39, 0.29) is 0 Å². The molecule has 2 aliphatic carbocycles. The Labute approximate surface area is 149 Å². The van der Waals surface area contributed by atoms with E-state index in [1.54, 1.807) is 0 Å². The van der Waals surface area contributed by atoms with Crippen molar-refractivity contribution in [3.63, 3.8) is 0 Å². The maximum absolute atomic E-state index is 2.55. The third-order valence-corrected chi connectivity index (χ3v) is 5.18. The first-order valence-corrected chi connectivity index (χ1v) is 9.66. The van der Waals surface area contributed by atoms with Gasteiger partial charge >= 0.3 is 0 Å². The Bertz CT molecular complexity index is 544. The SMILES string of the molecule is CCCC1C=CCC(N(C)CC2=C/C=C(C)/C=C(/C)CC\C=C\2)C1. The number of hydrogen-bond acceptors (Lipinski definition) is 1.